The molecule has 0 atom stereocenters. The van der Waals surface area contributed by atoms with Gasteiger partial charge in [0, 0.05) is 23.4 Å². The van der Waals surface area contributed by atoms with Crippen LogP contribution in [-0.2, 0) is 0 Å². The van der Waals surface area contributed by atoms with Crippen LogP contribution in [0.5, 0.6) is 0 Å². The van der Waals surface area contributed by atoms with Gasteiger partial charge in [-0.25, -0.2) is 9.59 Å². The Hall–Kier alpha value is -3.09. The van der Waals surface area contributed by atoms with Crippen molar-refractivity contribution in [1.82, 2.24) is 15.1 Å². The molecule has 0 saturated carbocycles. The molecule has 0 radical (unpaired) electrons. The SMILES string of the molecule is O=C(O)c1cc(-c2cccc(-c3c[nH]c(=O)[nH]3)c2)no1. The van der Waals surface area contributed by atoms with Crippen LogP contribution in [0.25, 0.3) is 22.5 Å². The lowest BCUT2D eigenvalue weighted by Crippen LogP contribution is -1.99. The zero-order valence-corrected chi connectivity index (χ0v) is 10.1. The normalized spacial score (nSPS) is 10.6. The molecule has 0 unspecified atom stereocenters. The Balaban J connectivity index is 2.02. The van der Waals surface area contributed by atoms with Crippen molar-refractivity contribution >= 4 is 5.97 Å². The number of nitrogens with zero attached hydrogens (tertiary/aromatic N) is 1. The number of imidazole rings is 1. The lowest BCUT2D eigenvalue weighted by Gasteiger charge is -2.00. The quantitative estimate of drug-likeness (QED) is 0.671. The minimum Gasteiger partial charge on any atom is -0.475 e. The summed E-state index contributed by atoms with van der Waals surface area (Å²) in [6, 6.07) is 8.51. The third kappa shape index (κ3) is 2.12. The number of aromatic carboxylic acids is 1. The highest BCUT2D eigenvalue weighted by atomic mass is 16.5. The van der Waals surface area contributed by atoms with Crippen molar-refractivity contribution in [3.8, 4) is 22.5 Å². The first-order valence-electron chi connectivity index (χ1n) is 5.72. The van der Waals surface area contributed by atoms with Crippen LogP contribution in [0.15, 0.2) is 45.8 Å². The maximum Gasteiger partial charge on any atom is 0.374 e. The molecule has 2 aromatic heterocycles. The van der Waals surface area contributed by atoms with Gasteiger partial charge in [-0.1, -0.05) is 23.4 Å². The van der Waals surface area contributed by atoms with Gasteiger partial charge >= 0.3 is 11.7 Å². The zero-order chi connectivity index (χ0) is 14.1. The van der Waals surface area contributed by atoms with Crippen molar-refractivity contribution in [2.45, 2.75) is 0 Å². The Morgan fingerprint density at radius 1 is 1.25 bits per heavy atom. The summed E-state index contributed by atoms with van der Waals surface area (Å²) in [4.78, 5) is 27.0. The lowest BCUT2D eigenvalue weighted by molar-refractivity contribution is 0.0652. The van der Waals surface area contributed by atoms with Crippen LogP contribution in [0.2, 0.25) is 0 Å². The number of nitrogens with one attached hydrogen (secondary N) is 2. The van der Waals surface area contributed by atoms with Gasteiger partial charge in [-0.15, -0.1) is 0 Å². The second-order valence-electron chi connectivity index (χ2n) is 4.12. The second-order valence-corrected chi connectivity index (χ2v) is 4.12. The number of aromatic nitrogens is 3. The topological polar surface area (TPSA) is 112 Å². The number of benzene rings is 1. The maximum absolute atomic E-state index is 11.1. The molecule has 7 heteroatoms. The average Bonchev–Trinajstić information content (AvgIpc) is 3.07. The molecule has 0 aliphatic rings. The molecule has 3 rings (SSSR count). The van der Waals surface area contributed by atoms with E-state index in [1.807, 2.05) is 6.07 Å². The molecule has 0 aliphatic heterocycles. The van der Waals surface area contributed by atoms with Gasteiger partial charge in [0.1, 0.15) is 5.69 Å². The van der Waals surface area contributed by atoms with Crippen molar-refractivity contribution in [1.29, 1.82) is 0 Å². The smallest absolute Gasteiger partial charge is 0.374 e. The summed E-state index contributed by atoms with van der Waals surface area (Å²) in [5.74, 6) is -1.39. The number of aromatic amines is 2. The Labute approximate surface area is 111 Å². The molecule has 3 N–H and O–H groups in total. The van der Waals surface area contributed by atoms with E-state index in [0.717, 1.165) is 5.56 Å². The van der Waals surface area contributed by atoms with Gasteiger partial charge in [-0.05, 0) is 6.07 Å². The molecule has 3 aromatic rings. The monoisotopic (exact) mass is 271 g/mol. The number of rotatable bonds is 3. The first kappa shape index (κ1) is 12.0. The Bertz CT molecular complexity index is 828. The van der Waals surface area contributed by atoms with Gasteiger partial charge in [0.2, 0.25) is 5.76 Å². The predicted molar refractivity (Wildman–Crippen MR) is 69.3 cm³/mol. The van der Waals surface area contributed by atoms with Crippen molar-refractivity contribution in [3.05, 3.63) is 52.8 Å². The Morgan fingerprint density at radius 3 is 2.70 bits per heavy atom. The first-order chi connectivity index (χ1) is 9.63. The molecule has 100 valence electrons. The van der Waals surface area contributed by atoms with E-state index < -0.39 is 5.97 Å². The summed E-state index contributed by atoms with van der Waals surface area (Å²) in [5, 5.41) is 12.5. The van der Waals surface area contributed by atoms with E-state index in [9.17, 15) is 9.59 Å². The van der Waals surface area contributed by atoms with Crippen LogP contribution >= 0.6 is 0 Å². The molecule has 2 heterocycles. The summed E-state index contributed by atoms with van der Waals surface area (Å²) in [6.45, 7) is 0. The fourth-order valence-electron chi connectivity index (χ4n) is 1.85. The number of carbonyl (C=O) groups is 1. The number of carboxylic acid groups (broad SMARTS) is 1. The summed E-state index contributed by atoms with van der Waals surface area (Å²) in [5.41, 5.74) is 2.24. The van der Waals surface area contributed by atoms with E-state index >= 15 is 0 Å². The largest absolute Gasteiger partial charge is 0.475 e. The number of hydrogen-bond acceptors (Lipinski definition) is 4. The van der Waals surface area contributed by atoms with Crippen LogP contribution in [0, 0.1) is 0 Å². The van der Waals surface area contributed by atoms with Crippen molar-refractivity contribution in [2.24, 2.45) is 0 Å². The number of carboxylic acids is 1. The summed E-state index contributed by atoms with van der Waals surface area (Å²) >= 11 is 0. The highest BCUT2D eigenvalue weighted by Gasteiger charge is 2.13. The molecular weight excluding hydrogens is 262 g/mol. The fourth-order valence-corrected chi connectivity index (χ4v) is 1.85. The Kier molecular flexibility index (Phi) is 2.72. The van der Waals surface area contributed by atoms with Crippen LogP contribution in [-0.4, -0.2) is 26.2 Å². The van der Waals surface area contributed by atoms with Crippen LogP contribution in [0.4, 0.5) is 0 Å². The van der Waals surface area contributed by atoms with Gasteiger partial charge in [0.25, 0.3) is 0 Å². The molecule has 1 aromatic carbocycles. The van der Waals surface area contributed by atoms with Crippen molar-refractivity contribution < 1.29 is 14.4 Å². The van der Waals surface area contributed by atoms with E-state index in [0.29, 0.717) is 17.0 Å². The molecule has 0 spiro atoms. The van der Waals surface area contributed by atoms with E-state index in [2.05, 4.69) is 15.1 Å². The molecule has 0 saturated heterocycles. The summed E-state index contributed by atoms with van der Waals surface area (Å²) in [6.07, 6.45) is 1.56. The van der Waals surface area contributed by atoms with Crippen LogP contribution in [0.3, 0.4) is 0 Å². The molecule has 0 bridgehead atoms. The van der Waals surface area contributed by atoms with Gasteiger partial charge in [0.05, 0.1) is 5.69 Å². The van der Waals surface area contributed by atoms with Crippen molar-refractivity contribution in [3.63, 3.8) is 0 Å². The van der Waals surface area contributed by atoms with Gasteiger partial charge < -0.3 is 19.6 Å². The summed E-state index contributed by atoms with van der Waals surface area (Å²) in [7, 11) is 0. The first-order valence-corrected chi connectivity index (χ1v) is 5.72. The Morgan fingerprint density at radius 2 is 2.05 bits per heavy atom. The third-order valence-electron chi connectivity index (χ3n) is 2.79. The highest BCUT2D eigenvalue weighted by Crippen LogP contribution is 2.24. The molecule has 0 amide bonds. The summed E-state index contributed by atoms with van der Waals surface area (Å²) < 4.78 is 4.72. The molecule has 7 nitrogen and oxygen atoms in total. The highest BCUT2D eigenvalue weighted by molar-refractivity contribution is 5.85. The van der Waals surface area contributed by atoms with E-state index in [1.165, 1.54) is 6.07 Å². The predicted octanol–water partition coefficient (Wildman–Crippen LogP) is 1.72. The molecule has 0 aliphatic carbocycles. The lowest BCUT2D eigenvalue weighted by atomic mass is 10.1. The van der Waals surface area contributed by atoms with Crippen LogP contribution < -0.4 is 5.69 Å². The average molecular weight is 271 g/mol. The third-order valence-corrected chi connectivity index (χ3v) is 2.79. The minimum absolute atomic E-state index is 0.222. The van der Waals surface area contributed by atoms with Gasteiger partial charge in [0.15, 0.2) is 0 Å². The molecule has 20 heavy (non-hydrogen) atoms. The molecule has 0 fully saturated rings. The van der Waals surface area contributed by atoms with E-state index in [1.54, 1.807) is 24.4 Å². The standard InChI is InChI=1S/C13H9N3O4/c17-12(18)11-5-9(16-20-11)7-2-1-3-8(4-7)10-6-14-13(19)15-10/h1-6H,(H,17,18)(H2,14,15,19). The van der Waals surface area contributed by atoms with E-state index in [-0.39, 0.29) is 11.4 Å². The second kappa shape index (κ2) is 4.54. The number of hydrogen-bond donors (Lipinski definition) is 3. The zero-order valence-electron chi connectivity index (χ0n) is 10.1. The van der Waals surface area contributed by atoms with Crippen molar-refractivity contribution in [2.75, 3.05) is 0 Å². The van der Waals surface area contributed by atoms with Crippen LogP contribution in [0.1, 0.15) is 10.6 Å². The fraction of sp³-hybridized carbons (Fsp3) is 0. The minimum atomic E-state index is -1.17. The maximum atomic E-state index is 11.1. The number of H-pyrrole nitrogens is 2. The van der Waals surface area contributed by atoms with Gasteiger partial charge in [-0.3, -0.25) is 0 Å². The van der Waals surface area contributed by atoms with Gasteiger partial charge in [-0.2, -0.15) is 0 Å². The molecular formula is C13H9N3O4. The van der Waals surface area contributed by atoms with E-state index in [4.69, 9.17) is 9.63 Å².